The number of aromatic nitrogens is 2. The summed E-state index contributed by atoms with van der Waals surface area (Å²) < 4.78 is 37.7. The molecular formula is C13H18F3N3O2. The van der Waals surface area contributed by atoms with E-state index in [4.69, 9.17) is 0 Å². The largest absolute Gasteiger partial charge is 0.391 e. The quantitative estimate of drug-likeness (QED) is 0.801. The standard InChI is InChI=1S/C13H18F3N3O2/c1-7(10-6-11(20)19-18-10)17-12(21)8-2-4-9(5-3-8)13(14,15)16/h6-9H,2-5H2,1H3,(H,17,21)(H2,18,19,20). The lowest BCUT2D eigenvalue weighted by Crippen LogP contribution is -2.37. The second kappa shape index (κ2) is 5.95. The molecule has 0 bridgehead atoms. The fourth-order valence-electron chi connectivity index (χ4n) is 2.67. The van der Waals surface area contributed by atoms with E-state index in [1.54, 1.807) is 6.92 Å². The molecule has 1 aliphatic carbocycles. The van der Waals surface area contributed by atoms with E-state index in [2.05, 4.69) is 15.5 Å². The van der Waals surface area contributed by atoms with Crippen molar-refractivity contribution in [2.75, 3.05) is 0 Å². The van der Waals surface area contributed by atoms with Gasteiger partial charge in [0.25, 0.3) is 5.56 Å². The first-order valence-electron chi connectivity index (χ1n) is 6.92. The van der Waals surface area contributed by atoms with E-state index in [1.165, 1.54) is 6.07 Å². The molecule has 8 heteroatoms. The first-order valence-corrected chi connectivity index (χ1v) is 6.92. The zero-order valence-corrected chi connectivity index (χ0v) is 11.6. The number of halogens is 3. The van der Waals surface area contributed by atoms with E-state index in [9.17, 15) is 22.8 Å². The maximum absolute atomic E-state index is 12.6. The van der Waals surface area contributed by atoms with Gasteiger partial charge >= 0.3 is 6.18 Å². The Morgan fingerprint density at radius 3 is 2.38 bits per heavy atom. The molecular weight excluding hydrogens is 287 g/mol. The predicted molar refractivity (Wildman–Crippen MR) is 69.5 cm³/mol. The van der Waals surface area contributed by atoms with Gasteiger partial charge in [-0.05, 0) is 32.6 Å². The Labute approximate surface area is 119 Å². The second-order valence-corrected chi connectivity index (χ2v) is 5.53. The summed E-state index contributed by atoms with van der Waals surface area (Å²) in [5.41, 5.74) is 0.245. The number of aromatic amines is 2. The number of rotatable bonds is 3. The van der Waals surface area contributed by atoms with E-state index in [0.717, 1.165) is 0 Å². The number of H-pyrrole nitrogens is 2. The molecule has 0 saturated heterocycles. The number of amides is 1. The molecule has 118 valence electrons. The summed E-state index contributed by atoms with van der Waals surface area (Å²) in [5, 5.41) is 7.73. The van der Waals surface area contributed by atoms with Crippen molar-refractivity contribution in [1.29, 1.82) is 0 Å². The summed E-state index contributed by atoms with van der Waals surface area (Å²) >= 11 is 0. The number of carbonyl (C=O) groups is 1. The monoisotopic (exact) mass is 305 g/mol. The molecule has 1 unspecified atom stereocenters. The van der Waals surface area contributed by atoms with Gasteiger partial charge in [-0.3, -0.25) is 14.7 Å². The number of carbonyl (C=O) groups excluding carboxylic acids is 1. The summed E-state index contributed by atoms with van der Waals surface area (Å²) in [6, 6.07) is 0.947. The van der Waals surface area contributed by atoms with Crippen molar-refractivity contribution in [1.82, 2.24) is 15.5 Å². The molecule has 1 saturated carbocycles. The molecule has 1 atom stereocenters. The highest BCUT2D eigenvalue weighted by molar-refractivity contribution is 5.79. The number of alkyl halides is 3. The average Bonchev–Trinajstić information content (AvgIpc) is 2.84. The van der Waals surface area contributed by atoms with Gasteiger partial charge in [-0.1, -0.05) is 0 Å². The van der Waals surface area contributed by atoms with Crippen LogP contribution in [0.5, 0.6) is 0 Å². The minimum atomic E-state index is -4.17. The van der Waals surface area contributed by atoms with Gasteiger partial charge in [0, 0.05) is 12.0 Å². The first-order chi connectivity index (χ1) is 9.77. The SMILES string of the molecule is CC(NC(=O)C1CCC(C(F)(F)F)CC1)c1cc(=O)[nH][nH]1. The maximum Gasteiger partial charge on any atom is 0.391 e. The Morgan fingerprint density at radius 2 is 1.90 bits per heavy atom. The van der Waals surface area contributed by atoms with Gasteiger partial charge in [-0.2, -0.15) is 13.2 Å². The molecule has 2 rings (SSSR count). The third-order valence-electron chi connectivity index (χ3n) is 4.00. The summed E-state index contributed by atoms with van der Waals surface area (Å²) in [7, 11) is 0. The van der Waals surface area contributed by atoms with Crippen LogP contribution in [-0.2, 0) is 4.79 Å². The van der Waals surface area contributed by atoms with Crippen LogP contribution in [0.1, 0.15) is 44.3 Å². The molecule has 0 aromatic carbocycles. The normalized spacial score (nSPS) is 24.6. The van der Waals surface area contributed by atoms with Crippen molar-refractivity contribution in [3.63, 3.8) is 0 Å². The Hall–Kier alpha value is -1.73. The van der Waals surface area contributed by atoms with Crippen molar-refractivity contribution in [3.05, 3.63) is 22.1 Å². The highest BCUT2D eigenvalue weighted by atomic mass is 19.4. The lowest BCUT2D eigenvalue weighted by Gasteiger charge is -2.29. The van der Waals surface area contributed by atoms with E-state index >= 15 is 0 Å². The van der Waals surface area contributed by atoms with Crippen LogP contribution in [0, 0.1) is 11.8 Å². The molecule has 3 N–H and O–H groups in total. The van der Waals surface area contributed by atoms with E-state index < -0.39 is 24.1 Å². The molecule has 1 aromatic heterocycles. The van der Waals surface area contributed by atoms with Crippen molar-refractivity contribution >= 4 is 5.91 Å². The Kier molecular flexibility index (Phi) is 4.43. The lowest BCUT2D eigenvalue weighted by atomic mass is 9.81. The first kappa shape index (κ1) is 15.7. The summed E-state index contributed by atoms with van der Waals surface area (Å²) in [4.78, 5) is 23.1. The highest BCUT2D eigenvalue weighted by Gasteiger charge is 2.42. The van der Waals surface area contributed by atoms with Crippen molar-refractivity contribution in [2.45, 2.75) is 44.8 Å². The van der Waals surface area contributed by atoms with Crippen LogP contribution in [0.3, 0.4) is 0 Å². The van der Waals surface area contributed by atoms with Crippen LogP contribution < -0.4 is 10.9 Å². The third-order valence-corrected chi connectivity index (χ3v) is 4.00. The Balaban J connectivity index is 1.86. The van der Waals surface area contributed by atoms with Crippen LogP contribution in [0.2, 0.25) is 0 Å². The summed E-state index contributed by atoms with van der Waals surface area (Å²) in [6.07, 6.45) is -3.69. The minimum Gasteiger partial charge on any atom is -0.348 e. The predicted octanol–water partition coefficient (Wildman–Crippen LogP) is 2.25. The molecule has 1 fully saturated rings. The molecule has 1 aromatic rings. The van der Waals surface area contributed by atoms with Gasteiger partial charge in [0.15, 0.2) is 0 Å². The van der Waals surface area contributed by atoms with E-state index in [-0.39, 0.29) is 37.1 Å². The zero-order valence-electron chi connectivity index (χ0n) is 11.6. The maximum atomic E-state index is 12.6. The average molecular weight is 305 g/mol. The minimum absolute atomic E-state index is 0.00302. The fourth-order valence-corrected chi connectivity index (χ4v) is 2.67. The Bertz CT molecular complexity index is 541. The van der Waals surface area contributed by atoms with E-state index in [1.807, 2.05) is 0 Å². The van der Waals surface area contributed by atoms with Crippen LogP contribution >= 0.6 is 0 Å². The molecule has 5 nitrogen and oxygen atoms in total. The molecule has 1 aliphatic rings. The van der Waals surface area contributed by atoms with Crippen LogP contribution in [0.15, 0.2) is 10.9 Å². The summed E-state index contributed by atoms with van der Waals surface area (Å²) in [5.74, 6) is -1.94. The van der Waals surface area contributed by atoms with Crippen molar-refractivity contribution in [2.24, 2.45) is 11.8 Å². The molecule has 1 amide bonds. The smallest absolute Gasteiger partial charge is 0.348 e. The topological polar surface area (TPSA) is 77.8 Å². The number of hydrogen-bond acceptors (Lipinski definition) is 2. The van der Waals surface area contributed by atoms with Gasteiger partial charge in [0.05, 0.1) is 17.7 Å². The summed E-state index contributed by atoms with van der Waals surface area (Å²) in [6.45, 7) is 1.71. The molecule has 21 heavy (non-hydrogen) atoms. The van der Waals surface area contributed by atoms with Gasteiger partial charge in [0.2, 0.25) is 5.91 Å². The third kappa shape index (κ3) is 3.89. The highest BCUT2D eigenvalue weighted by Crippen LogP contribution is 2.39. The molecule has 0 radical (unpaired) electrons. The van der Waals surface area contributed by atoms with Gasteiger partial charge in [0.1, 0.15) is 0 Å². The van der Waals surface area contributed by atoms with Gasteiger partial charge in [-0.25, -0.2) is 0 Å². The van der Waals surface area contributed by atoms with Gasteiger partial charge in [-0.15, -0.1) is 0 Å². The van der Waals surface area contributed by atoms with Crippen LogP contribution in [-0.4, -0.2) is 22.3 Å². The second-order valence-electron chi connectivity index (χ2n) is 5.53. The van der Waals surface area contributed by atoms with Crippen LogP contribution in [0.25, 0.3) is 0 Å². The number of hydrogen-bond donors (Lipinski definition) is 3. The van der Waals surface area contributed by atoms with Gasteiger partial charge < -0.3 is 10.4 Å². The van der Waals surface area contributed by atoms with E-state index in [0.29, 0.717) is 5.69 Å². The fraction of sp³-hybridized carbons (Fsp3) is 0.692. The molecule has 0 aliphatic heterocycles. The number of nitrogens with one attached hydrogen (secondary N) is 3. The van der Waals surface area contributed by atoms with Crippen LogP contribution in [0.4, 0.5) is 13.2 Å². The lowest BCUT2D eigenvalue weighted by molar-refractivity contribution is -0.184. The molecule has 0 spiro atoms. The van der Waals surface area contributed by atoms with Crippen molar-refractivity contribution < 1.29 is 18.0 Å². The Morgan fingerprint density at radius 1 is 1.29 bits per heavy atom. The zero-order chi connectivity index (χ0) is 15.6. The molecule has 1 heterocycles. The van der Waals surface area contributed by atoms with Crippen molar-refractivity contribution in [3.8, 4) is 0 Å².